The monoisotopic (exact) mass is 309 g/mol. The van der Waals surface area contributed by atoms with Crippen LogP contribution in [0.2, 0.25) is 0 Å². The predicted molar refractivity (Wildman–Crippen MR) is 90.9 cm³/mol. The molecule has 5 nitrogen and oxygen atoms in total. The Bertz CT molecular complexity index is 835. The molecule has 1 N–H and O–H groups in total. The van der Waals surface area contributed by atoms with Crippen LogP contribution in [0.25, 0.3) is 11.0 Å². The molecule has 0 atom stereocenters. The molecule has 0 aliphatic heterocycles. The Morgan fingerprint density at radius 2 is 1.91 bits per heavy atom. The Morgan fingerprint density at radius 1 is 1.17 bits per heavy atom. The van der Waals surface area contributed by atoms with E-state index >= 15 is 0 Å². The number of benzene rings is 2. The Balaban J connectivity index is 1.74. The number of carbonyl (C=O) groups is 1. The van der Waals surface area contributed by atoms with Gasteiger partial charge in [-0.05, 0) is 56.3 Å². The number of amides is 1. The number of carbonyl (C=O) groups excluding carboxylic acids is 1. The summed E-state index contributed by atoms with van der Waals surface area (Å²) in [7, 11) is 1.93. The highest BCUT2D eigenvalue weighted by Crippen LogP contribution is 2.19. The Morgan fingerprint density at radius 3 is 2.61 bits per heavy atom. The van der Waals surface area contributed by atoms with E-state index in [0.717, 1.165) is 22.5 Å². The molecule has 0 unspecified atom stereocenters. The fourth-order valence-electron chi connectivity index (χ4n) is 2.37. The van der Waals surface area contributed by atoms with Gasteiger partial charge in [-0.2, -0.15) is 0 Å². The minimum atomic E-state index is -0.157. The van der Waals surface area contributed by atoms with Gasteiger partial charge in [0.05, 0.1) is 23.5 Å². The third kappa shape index (κ3) is 3.34. The molecule has 0 bridgehead atoms. The molecule has 0 radical (unpaired) electrons. The van der Waals surface area contributed by atoms with Gasteiger partial charge in [0.2, 0.25) is 0 Å². The summed E-state index contributed by atoms with van der Waals surface area (Å²) in [5.74, 6) is 0.628. The molecule has 0 fully saturated rings. The van der Waals surface area contributed by atoms with E-state index in [-0.39, 0.29) is 12.0 Å². The second-order valence-electron chi connectivity index (χ2n) is 5.70. The van der Waals surface area contributed by atoms with E-state index < -0.39 is 0 Å². The van der Waals surface area contributed by atoms with Crippen molar-refractivity contribution >= 4 is 22.6 Å². The van der Waals surface area contributed by atoms with Gasteiger partial charge in [-0.25, -0.2) is 4.98 Å². The third-order valence-electron chi connectivity index (χ3n) is 3.47. The molecule has 0 aliphatic carbocycles. The number of hydrogen-bond acceptors (Lipinski definition) is 3. The summed E-state index contributed by atoms with van der Waals surface area (Å²) in [5.41, 5.74) is 3.11. The normalized spacial score (nSPS) is 11.0. The number of aryl methyl sites for hydroxylation is 1. The zero-order valence-electron chi connectivity index (χ0n) is 13.4. The maximum absolute atomic E-state index is 12.4. The average Bonchev–Trinajstić information content (AvgIpc) is 2.89. The summed E-state index contributed by atoms with van der Waals surface area (Å²) in [6.07, 6.45) is 1.86. The standard InChI is InChI=1S/C18H19N3O2/c1-12(2)23-15-7-5-14(6-8-15)20-18(22)13-4-9-17-16(10-13)19-11-21(17)3/h4-12H,1-3H3,(H,20,22). The first kappa shape index (κ1) is 15.1. The first-order chi connectivity index (χ1) is 11.0. The lowest BCUT2D eigenvalue weighted by molar-refractivity contribution is 0.102. The number of anilines is 1. The molecule has 3 rings (SSSR count). The van der Waals surface area contributed by atoms with Crippen LogP contribution >= 0.6 is 0 Å². The lowest BCUT2D eigenvalue weighted by Crippen LogP contribution is -2.12. The van der Waals surface area contributed by atoms with Crippen molar-refractivity contribution in [2.75, 3.05) is 5.32 Å². The summed E-state index contributed by atoms with van der Waals surface area (Å²) < 4.78 is 7.51. The van der Waals surface area contributed by atoms with Crippen molar-refractivity contribution < 1.29 is 9.53 Å². The molecule has 5 heteroatoms. The van der Waals surface area contributed by atoms with Crippen LogP contribution in [0.1, 0.15) is 24.2 Å². The van der Waals surface area contributed by atoms with Crippen LogP contribution in [0.4, 0.5) is 5.69 Å². The highest BCUT2D eigenvalue weighted by molar-refractivity contribution is 6.05. The summed E-state index contributed by atoms with van der Waals surface area (Å²) in [6, 6.07) is 12.8. The van der Waals surface area contributed by atoms with Gasteiger partial charge in [0, 0.05) is 18.3 Å². The van der Waals surface area contributed by atoms with Crippen LogP contribution in [0.3, 0.4) is 0 Å². The van der Waals surface area contributed by atoms with Crippen LogP contribution in [-0.4, -0.2) is 21.6 Å². The van der Waals surface area contributed by atoms with E-state index in [0.29, 0.717) is 5.56 Å². The Labute approximate surface area is 134 Å². The van der Waals surface area contributed by atoms with Gasteiger partial charge in [-0.3, -0.25) is 4.79 Å². The van der Waals surface area contributed by atoms with Crippen molar-refractivity contribution in [1.82, 2.24) is 9.55 Å². The lowest BCUT2D eigenvalue weighted by Gasteiger charge is -2.10. The number of hydrogen-bond donors (Lipinski definition) is 1. The number of imidazole rings is 1. The third-order valence-corrected chi connectivity index (χ3v) is 3.47. The Kier molecular flexibility index (Phi) is 4.02. The molecular formula is C18H19N3O2. The summed E-state index contributed by atoms with van der Waals surface area (Å²) >= 11 is 0. The molecule has 1 aromatic heterocycles. The van der Waals surface area contributed by atoms with Gasteiger partial charge in [0.25, 0.3) is 5.91 Å². The molecule has 0 saturated carbocycles. The van der Waals surface area contributed by atoms with Crippen LogP contribution in [0, 0.1) is 0 Å². The molecule has 118 valence electrons. The number of ether oxygens (including phenoxy) is 1. The molecule has 1 heterocycles. The summed E-state index contributed by atoms with van der Waals surface area (Å²) in [5, 5.41) is 2.88. The molecular weight excluding hydrogens is 290 g/mol. The molecule has 0 saturated heterocycles. The van der Waals surface area contributed by atoms with E-state index in [1.807, 2.05) is 55.8 Å². The molecule has 2 aromatic carbocycles. The average molecular weight is 309 g/mol. The maximum Gasteiger partial charge on any atom is 0.255 e. The van der Waals surface area contributed by atoms with Crippen molar-refractivity contribution in [2.24, 2.45) is 7.05 Å². The maximum atomic E-state index is 12.4. The number of aromatic nitrogens is 2. The number of fused-ring (bicyclic) bond motifs is 1. The SMILES string of the molecule is CC(C)Oc1ccc(NC(=O)c2ccc3c(c2)ncn3C)cc1. The van der Waals surface area contributed by atoms with Crippen molar-refractivity contribution in [3.8, 4) is 5.75 Å². The van der Waals surface area contributed by atoms with E-state index in [2.05, 4.69) is 10.3 Å². The van der Waals surface area contributed by atoms with E-state index in [1.54, 1.807) is 18.5 Å². The number of rotatable bonds is 4. The van der Waals surface area contributed by atoms with Crippen LogP contribution in [0.15, 0.2) is 48.8 Å². The molecule has 3 aromatic rings. The molecule has 1 amide bonds. The predicted octanol–water partition coefficient (Wildman–Crippen LogP) is 3.61. The summed E-state index contributed by atoms with van der Waals surface area (Å²) in [4.78, 5) is 16.6. The van der Waals surface area contributed by atoms with Crippen LogP contribution in [0.5, 0.6) is 5.75 Å². The Hall–Kier alpha value is -2.82. The first-order valence-electron chi connectivity index (χ1n) is 7.52. The second kappa shape index (κ2) is 6.12. The van der Waals surface area contributed by atoms with Gasteiger partial charge >= 0.3 is 0 Å². The van der Waals surface area contributed by atoms with E-state index in [9.17, 15) is 4.79 Å². The second-order valence-corrected chi connectivity index (χ2v) is 5.70. The zero-order valence-corrected chi connectivity index (χ0v) is 13.4. The van der Waals surface area contributed by atoms with Crippen LogP contribution < -0.4 is 10.1 Å². The van der Waals surface area contributed by atoms with Gasteiger partial charge in [-0.15, -0.1) is 0 Å². The molecule has 0 aliphatic rings. The quantitative estimate of drug-likeness (QED) is 0.801. The highest BCUT2D eigenvalue weighted by atomic mass is 16.5. The molecule has 23 heavy (non-hydrogen) atoms. The number of nitrogens with one attached hydrogen (secondary N) is 1. The van der Waals surface area contributed by atoms with Crippen molar-refractivity contribution in [3.63, 3.8) is 0 Å². The minimum Gasteiger partial charge on any atom is -0.491 e. The fraction of sp³-hybridized carbons (Fsp3) is 0.222. The van der Waals surface area contributed by atoms with Gasteiger partial charge < -0.3 is 14.6 Å². The molecule has 0 spiro atoms. The smallest absolute Gasteiger partial charge is 0.255 e. The van der Waals surface area contributed by atoms with Gasteiger partial charge in [0.15, 0.2) is 0 Å². The van der Waals surface area contributed by atoms with Crippen molar-refractivity contribution in [3.05, 3.63) is 54.4 Å². The lowest BCUT2D eigenvalue weighted by atomic mass is 10.2. The van der Waals surface area contributed by atoms with E-state index in [4.69, 9.17) is 4.74 Å². The van der Waals surface area contributed by atoms with Gasteiger partial charge in [0.1, 0.15) is 5.75 Å². The topological polar surface area (TPSA) is 56.1 Å². The van der Waals surface area contributed by atoms with Gasteiger partial charge in [-0.1, -0.05) is 0 Å². The highest BCUT2D eigenvalue weighted by Gasteiger charge is 2.09. The van der Waals surface area contributed by atoms with Crippen molar-refractivity contribution in [2.45, 2.75) is 20.0 Å². The largest absolute Gasteiger partial charge is 0.491 e. The van der Waals surface area contributed by atoms with Crippen LogP contribution in [-0.2, 0) is 7.05 Å². The number of nitrogens with zero attached hydrogens (tertiary/aromatic N) is 2. The first-order valence-corrected chi connectivity index (χ1v) is 7.52. The minimum absolute atomic E-state index is 0.126. The fourth-order valence-corrected chi connectivity index (χ4v) is 2.37. The summed E-state index contributed by atoms with van der Waals surface area (Å²) in [6.45, 7) is 3.95. The van der Waals surface area contributed by atoms with Crippen molar-refractivity contribution in [1.29, 1.82) is 0 Å². The zero-order chi connectivity index (χ0) is 16.4. The van der Waals surface area contributed by atoms with E-state index in [1.165, 1.54) is 0 Å².